The van der Waals surface area contributed by atoms with Crippen LogP contribution in [0, 0.1) is 5.92 Å². The van der Waals surface area contributed by atoms with Gasteiger partial charge in [-0.3, -0.25) is 0 Å². The Morgan fingerprint density at radius 1 is 1.33 bits per heavy atom. The molecular weight excluding hydrogens is 292 g/mol. The molecule has 0 N–H and O–H groups in total. The first-order valence-electron chi connectivity index (χ1n) is 6.58. The first kappa shape index (κ1) is 13.6. The smallest absolute Gasteiger partial charge is 0.0522 e. The van der Waals surface area contributed by atoms with Crippen molar-refractivity contribution in [2.75, 3.05) is 0 Å². The average Bonchev–Trinajstić information content (AvgIpc) is 2.87. The van der Waals surface area contributed by atoms with Crippen LogP contribution >= 0.6 is 15.9 Å². The van der Waals surface area contributed by atoms with Gasteiger partial charge in [-0.15, -0.1) is 0 Å². The van der Waals surface area contributed by atoms with Crippen molar-refractivity contribution in [3.63, 3.8) is 0 Å². The Morgan fingerprint density at radius 2 is 1.89 bits per heavy atom. The summed E-state index contributed by atoms with van der Waals surface area (Å²) in [5, 5.41) is 11.8. The maximum atomic E-state index is 11.8. The third kappa shape index (κ3) is 2.20. The number of carbonyl (C=O) groups excluding carboxylic acids is 1. The molecule has 1 aliphatic carbocycles. The Balaban J connectivity index is 2.46. The Kier molecular flexibility index (Phi) is 4.10. The van der Waals surface area contributed by atoms with E-state index in [2.05, 4.69) is 15.9 Å². The normalized spacial score (nSPS) is 19.7. The van der Waals surface area contributed by atoms with E-state index in [1.165, 1.54) is 0 Å². The Morgan fingerprint density at radius 3 is 2.33 bits per heavy atom. The fourth-order valence-electron chi connectivity index (χ4n) is 3.32. The van der Waals surface area contributed by atoms with Gasteiger partial charge >= 0.3 is 0 Å². The number of carbonyl (C=O) groups is 1. The highest BCUT2D eigenvalue weighted by molar-refractivity contribution is 9.10. The summed E-state index contributed by atoms with van der Waals surface area (Å²) in [6, 6.07) is 7.67. The standard InChI is InChI=1S/C15H19BrO2/c1-2-15(14(17)18,11-5-3-4-6-11)12-7-9-13(16)10-8-12/h7-11H,2-6H2,1H3,(H,17,18)/p-1. The van der Waals surface area contributed by atoms with Crippen molar-refractivity contribution >= 4 is 21.9 Å². The highest BCUT2D eigenvalue weighted by Gasteiger charge is 2.41. The fraction of sp³-hybridized carbons (Fsp3) is 0.533. The molecule has 1 unspecified atom stereocenters. The van der Waals surface area contributed by atoms with Crippen LogP contribution in [0.2, 0.25) is 0 Å². The molecule has 1 atom stereocenters. The molecule has 0 spiro atoms. The van der Waals surface area contributed by atoms with Crippen LogP contribution in [0.1, 0.15) is 44.6 Å². The zero-order valence-corrected chi connectivity index (χ0v) is 12.2. The molecule has 0 radical (unpaired) electrons. The minimum absolute atomic E-state index is 0.216. The quantitative estimate of drug-likeness (QED) is 0.857. The van der Waals surface area contributed by atoms with E-state index in [1.54, 1.807) is 0 Å². The van der Waals surface area contributed by atoms with Crippen molar-refractivity contribution in [1.82, 2.24) is 0 Å². The van der Waals surface area contributed by atoms with E-state index in [1.807, 2.05) is 31.2 Å². The summed E-state index contributed by atoms with van der Waals surface area (Å²) < 4.78 is 0.973. The maximum Gasteiger partial charge on any atom is 0.0522 e. The molecule has 0 heterocycles. The van der Waals surface area contributed by atoms with Gasteiger partial charge in [-0.2, -0.15) is 0 Å². The van der Waals surface area contributed by atoms with E-state index in [4.69, 9.17) is 0 Å². The van der Waals surface area contributed by atoms with Crippen LogP contribution in [0.5, 0.6) is 0 Å². The summed E-state index contributed by atoms with van der Waals surface area (Å²) in [6.45, 7) is 1.95. The van der Waals surface area contributed by atoms with Gasteiger partial charge in [0.05, 0.1) is 5.97 Å². The molecule has 18 heavy (non-hydrogen) atoms. The monoisotopic (exact) mass is 309 g/mol. The van der Waals surface area contributed by atoms with E-state index in [0.29, 0.717) is 6.42 Å². The summed E-state index contributed by atoms with van der Waals surface area (Å²) in [7, 11) is 0. The number of aliphatic carboxylic acids is 1. The van der Waals surface area contributed by atoms with Gasteiger partial charge in [0.1, 0.15) is 0 Å². The van der Waals surface area contributed by atoms with Crippen molar-refractivity contribution < 1.29 is 9.90 Å². The molecule has 0 saturated heterocycles. The molecule has 0 aliphatic heterocycles. The number of hydrogen-bond donors (Lipinski definition) is 0. The Labute approximate surface area is 117 Å². The minimum Gasteiger partial charge on any atom is -0.549 e. The fourth-order valence-corrected chi connectivity index (χ4v) is 3.59. The largest absolute Gasteiger partial charge is 0.549 e. The highest BCUT2D eigenvalue weighted by atomic mass is 79.9. The summed E-state index contributed by atoms with van der Waals surface area (Å²) in [6.07, 6.45) is 4.86. The number of benzene rings is 1. The average molecular weight is 310 g/mol. The van der Waals surface area contributed by atoms with Crippen molar-refractivity contribution in [3.05, 3.63) is 34.3 Å². The zero-order valence-electron chi connectivity index (χ0n) is 10.6. The summed E-state index contributed by atoms with van der Waals surface area (Å²) >= 11 is 3.39. The van der Waals surface area contributed by atoms with Crippen molar-refractivity contribution in [2.45, 2.75) is 44.4 Å². The molecule has 1 fully saturated rings. The predicted molar refractivity (Wildman–Crippen MR) is 73.1 cm³/mol. The maximum absolute atomic E-state index is 11.8. The van der Waals surface area contributed by atoms with Crippen molar-refractivity contribution in [2.24, 2.45) is 5.92 Å². The van der Waals surface area contributed by atoms with Crippen molar-refractivity contribution in [1.29, 1.82) is 0 Å². The molecule has 2 rings (SSSR count). The number of halogens is 1. The second-order valence-corrected chi connectivity index (χ2v) is 6.02. The van der Waals surface area contributed by atoms with E-state index < -0.39 is 11.4 Å². The Bertz CT molecular complexity index is 421. The van der Waals surface area contributed by atoms with Crippen LogP contribution in [0.15, 0.2) is 28.7 Å². The van der Waals surface area contributed by atoms with Gasteiger partial charge in [0.2, 0.25) is 0 Å². The number of carboxylic acid groups (broad SMARTS) is 1. The molecular formula is C15H18BrO2-. The van der Waals surface area contributed by atoms with E-state index >= 15 is 0 Å². The third-order valence-corrected chi connectivity index (χ3v) is 4.86. The van der Waals surface area contributed by atoms with E-state index in [-0.39, 0.29) is 5.92 Å². The predicted octanol–water partition coefficient (Wildman–Crippen LogP) is 3.04. The number of carboxylic acids is 1. The molecule has 1 aliphatic rings. The molecule has 1 aromatic rings. The third-order valence-electron chi connectivity index (χ3n) is 4.33. The van der Waals surface area contributed by atoms with E-state index in [0.717, 1.165) is 35.7 Å². The van der Waals surface area contributed by atoms with Crippen LogP contribution in [0.3, 0.4) is 0 Å². The summed E-state index contributed by atoms with van der Waals surface area (Å²) in [5.74, 6) is -0.701. The minimum atomic E-state index is -0.917. The lowest BCUT2D eigenvalue weighted by Crippen LogP contribution is -2.50. The summed E-state index contributed by atoms with van der Waals surface area (Å²) in [4.78, 5) is 11.8. The van der Waals surface area contributed by atoms with Gasteiger partial charge in [0.15, 0.2) is 0 Å². The van der Waals surface area contributed by atoms with Gasteiger partial charge in [-0.25, -0.2) is 0 Å². The first-order chi connectivity index (χ1) is 8.61. The molecule has 0 aromatic heterocycles. The van der Waals surface area contributed by atoms with Gasteiger partial charge in [-0.1, -0.05) is 47.8 Å². The number of rotatable bonds is 4. The first-order valence-corrected chi connectivity index (χ1v) is 7.38. The van der Waals surface area contributed by atoms with Crippen LogP contribution in [-0.4, -0.2) is 5.97 Å². The second kappa shape index (κ2) is 5.43. The van der Waals surface area contributed by atoms with Crippen LogP contribution < -0.4 is 5.11 Å². The van der Waals surface area contributed by atoms with Crippen LogP contribution in [-0.2, 0) is 10.2 Å². The second-order valence-electron chi connectivity index (χ2n) is 5.10. The van der Waals surface area contributed by atoms with E-state index in [9.17, 15) is 9.90 Å². The Hall–Kier alpha value is -0.830. The molecule has 1 saturated carbocycles. The lowest BCUT2D eigenvalue weighted by molar-refractivity contribution is -0.316. The SMILES string of the molecule is CCC(C(=O)[O-])(c1ccc(Br)cc1)C1CCCC1. The van der Waals surface area contributed by atoms with Crippen LogP contribution in [0.25, 0.3) is 0 Å². The lowest BCUT2D eigenvalue weighted by atomic mass is 9.67. The molecule has 0 bridgehead atoms. The lowest BCUT2D eigenvalue weighted by Gasteiger charge is -2.40. The van der Waals surface area contributed by atoms with Gasteiger partial charge < -0.3 is 9.90 Å². The highest BCUT2D eigenvalue weighted by Crippen LogP contribution is 2.44. The zero-order chi connectivity index (χ0) is 13.2. The molecule has 3 heteroatoms. The molecule has 0 amide bonds. The molecule has 1 aromatic carbocycles. The van der Waals surface area contributed by atoms with Crippen LogP contribution in [0.4, 0.5) is 0 Å². The molecule has 2 nitrogen and oxygen atoms in total. The van der Waals surface area contributed by atoms with Crippen molar-refractivity contribution in [3.8, 4) is 0 Å². The number of hydrogen-bond acceptors (Lipinski definition) is 2. The summed E-state index contributed by atoms with van der Waals surface area (Å²) in [5.41, 5.74) is 0.0806. The van der Waals surface area contributed by atoms with Gasteiger partial charge in [0.25, 0.3) is 0 Å². The van der Waals surface area contributed by atoms with Gasteiger partial charge in [0, 0.05) is 9.89 Å². The van der Waals surface area contributed by atoms with Gasteiger partial charge in [-0.05, 0) is 42.9 Å². The topological polar surface area (TPSA) is 40.1 Å². The molecule has 98 valence electrons.